The topological polar surface area (TPSA) is 77.0 Å². The number of hydrogen-bond donors (Lipinski definition) is 1. The average molecular weight is 287 g/mol. The van der Waals surface area contributed by atoms with Gasteiger partial charge in [0, 0.05) is 29.9 Å². The first-order chi connectivity index (χ1) is 9.95. The van der Waals surface area contributed by atoms with Crippen molar-refractivity contribution >= 4 is 5.97 Å². The Labute approximate surface area is 121 Å². The molecule has 0 bridgehead atoms. The van der Waals surface area contributed by atoms with Gasteiger partial charge in [-0.15, -0.1) is 0 Å². The molecule has 0 fully saturated rings. The van der Waals surface area contributed by atoms with Gasteiger partial charge >= 0.3 is 5.97 Å². The van der Waals surface area contributed by atoms with Crippen molar-refractivity contribution in [3.63, 3.8) is 0 Å². The largest absolute Gasteiger partial charge is 0.426 e. The maximum absolute atomic E-state index is 12.2. The first-order valence-electron chi connectivity index (χ1n) is 6.94. The van der Waals surface area contributed by atoms with E-state index in [-0.39, 0.29) is 29.9 Å². The van der Waals surface area contributed by atoms with Gasteiger partial charge in [0.2, 0.25) is 0 Å². The highest BCUT2D eigenvalue weighted by Crippen LogP contribution is 2.36. The van der Waals surface area contributed by atoms with Crippen LogP contribution in [0.3, 0.4) is 0 Å². The molecule has 0 spiro atoms. The van der Waals surface area contributed by atoms with Crippen molar-refractivity contribution < 1.29 is 9.53 Å². The number of pyridine rings is 1. The Hall–Kier alpha value is -2.37. The summed E-state index contributed by atoms with van der Waals surface area (Å²) in [5.74, 6) is -0.275. The van der Waals surface area contributed by atoms with E-state index in [4.69, 9.17) is 4.74 Å². The number of carbonyl (C=O) groups excluding carboxylic acids is 1. The summed E-state index contributed by atoms with van der Waals surface area (Å²) in [6.45, 7) is 5.81. The number of H-pyrrole nitrogens is 1. The van der Waals surface area contributed by atoms with Crippen LogP contribution in [-0.4, -0.2) is 20.7 Å². The predicted octanol–water partition coefficient (Wildman–Crippen LogP) is 1.90. The molecule has 6 heteroatoms. The highest BCUT2D eigenvalue weighted by atomic mass is 16.5. The van der Waals surface area contributed by atoms with E-state index in [0.717, 1.165) is 5.56 Å². The quantitative estimate of drug-likeness (QED) is 0.856. The molecule has 0 aliphatic carbocycles. The monoisotopic (exact) mass is 287 g/mol. The number of carbonyl (C=O) groups is 1. The SMILES string of the molecule is Cc1cc2c(c(=O)[nH]1)[C@H](c1cnn(C(C)C)c1)CC(=O)O2. The molecule has 0 unspecified atom stereocenters. The maximum Gasteiger partial charge on any atom is 0.312 e. The van der Waals surface area contributed by atoms with Crippen molar-refractivity contribution in [2.45, 2.75) is 39.2 Å². The molecular weight excluding hydrogens is 270 g/mol. The van der Waals surface area contributed by atoms with Crippen LogP contribution in [0, 0.1) is 6.92 Å². The van der Waals surface area contributed by atoms with Crippen LogP contribution >= 0.6 is 0 Å². The zero-order valence-electron chi connectivity index (χ0n) is 12.2. The van der Waals surface area contributed by atoms with Gasteiger partial charge in [-0.1, -0.05) is 0 Å². The van der Waals surface area contributed by atoms with Gasteiger partial charge in [0.15, 0.2) is 0 Å². The standard InChI is InChI=1S/C15H17N3O3/c1-8(2)18-7-10(6-16-18)11-5-13(19)21-12-4-9(3)17-15(20)14(11)12/h4,6-8,11H,5H2,1-3H3,(H,17,20)/t11-/m0/s1. The smallest absolute Gasteiger partial charge is 0.312 e. The molecule has 0 amide bonds. The second-order valence-electron chi connectivity index (χ2n) is 5.64. The van der Waals surface area contributed by atoms with Gasteiger partial charge in [0.1, 0.15) is 5.75 Å². The minimum absolute atomic E-state index is 0.156. The Morgan fingerprint density at radius 1 is 1.43 bits per heavy atom. The summed E-state index contributed by atoms with van der Waals surface area (Å²) in [6.07, 6.45) is 3.76. The molecule has 3 heterocycles. The molecule has 21 heavy (non-hydrogen) atoms. The number of fused-ring (bicyclic) bond motifs is 1. The van der Waals surface area contributed by atoms with Gasteiger partial charge in [0.25, 0.3) is 5.56 Å². The first-order valence-corrected chi connectivity index (χ1v) is 6.94. The zero-order valence-corrected chi connectivity index (χ0v) is 12.2. The molecule has 1 N–H and O–H groups in total. The fourth-order valence-electron chi connectivity index (χ4n) is 2.62. The Bertz CT molecular complexity index is 758. The molecule has 0 aromatic carbocycles. The summed E-state index contributed by atoms with van der Waals surface area (Å²) in [6, 6.07) is 1.92. The summed E-state index contributed by atoms with van der Waals surface area (Å²) in [7, 11) is 0. The van der Waals surface area contributed by atoms with Crippen molar-refractivity contribution in [1.82, 2.24) is 14.8 Å². The summed E-state index contributed by atoms with van der Waals surface area (Å²) < 4.78 is 7.03. The number of aromatic amines is 1. The Morgan fingerprint density at radius 2 is 2.19 bits per heavy atom. The third-order valence-corrected chi connectivity index (χ3v) is 3.66. The van der Waals surface area contributed by atoms with Gasteiger partial charge in [0.05, 0.1) is 18.2 Å². The van der Waals surface area contributed by atoms with Crippen molar-refractivity contribution in [3.8, 4) is 5.75 Å². The average Bonchev–Trinajstić information content (AvgIpc) is 2.86. The lowest BCUT2D eigenvalue weighted by Gasteiger charge is -2.23. The molecule has 0 saturated carbocycles. The second kappa shape index (κ2) is 4.87. The minimum Gasteiger partial charge on any atom is -0.426 e. The van der Waals surface area contributed by atoms with E-state index in [0.29, 0.717) is 17.0 Å². The van der Waals surface area contributed by atoms with E-state index in [1.165, 1.54) is 0 Å². The third kappa shape index (κ3) is 2.37. The van der Waals surface area contributed by atoms with Crippen LogP contribution in [0.15, 0.2) is 23.3 Å². The molecule has 110 valence electrons. The van der Waals surface area contributed by atoms with Gasteiger partial charge < -0.3 is 9.72 Å². The molecule has 3 rings (SSSR count). The lowest BCUT2D eigenvalue weighted by atomic mass is 9.89. The number of hydrogen-bond acceptors (Lipinski definition) is 4. The Kier molecular flexibility index (Phi) is 3.16. The van der Waals surface area contributed by atoms with Gasteiger partial charge in [-0.05, 0) is 26.3 Å². The number of nitrogens with zero attached hydrogens (tertiary/aromatic N) is 2. The maximum atomic E-state index is 12.2. The minimum atomic E-state index is -0.324. The summed E-state index contributed by atoms with van der Waals surface area (Å²) >= 11 is 0. The van der Waals surface area contributed by atoms with E-state index < -0.39 is 0 Å². The van der Waals surface area contributed by atoms with Crippen molar-refractivity contribution in [3.05, 3.63) is 45.6 Å². The number of rotatable bonds is 2. The van der Waals surface area contributed by atoms with Crippen LogP contribution in [0.25, 0.3) is 0 Å². The summed E-state index contributed by atoms with van der Waals surface area (Å²) in [4.78, 5) is 26.8. The van der Waals surface area contributed by atoms with E-state index in [1.807, 2.05) is 24.7 Å². The molecule has 0 radical (unpaired) electrons. The van der Waals surface area contributed by atoms with Crippen LogP contribution in [0.1, 0.15) is 49.0 Å². The van der Waals surface area contributed by atoms with E-state index in [1.54, 1.807) is 19.2 Å². The van der Waals surface area contributed by atoms with Gasteiger partial charge in [-0.3, -0.25) is 14.3 Å². The van der Waals surface area contributed by atoms with E-state index in [2.05, 4.69) is 10.1 Å². The third-order valence-electron chi connectivity index (χ3n) is 3.66. The second-order valence-corrected chi connectivity index (χ2v) is 5.64. The van der Waals surface area contributed by atoms with Gasteiger partial charge in [-0.2, -0.15) is 5.10 Å². The predicted molar refractivity (Wildman–Crippen MR) is 76.5 cm³/mol. The van der Waals surface area contributed by atoms with Crippen molar-refractivity contribution in [2.75, 3.05) is 0 Å². The highest BCUT2D eigenvalue weighted by molar-refractivity contribution is 5.77. The molecule has 2 aromatic rings. The first kappa shape index (κ1) is 13.6. The lowest BCUT2D eigenvalue weighted by molar-refractivity contribution is -0.135. The van der Waals surface area contributed by atoms with E-state index in [9.17, 15) is 9.59 Å². The summed E-state index contributed by atoms with van der Waals surface area (Å²) in [5, 5.41) is 4.29. The van der Waals surface area contributed by atoms with Crippen LogP contribution in [0.5, 0.6) is 5.75 Å². The Morgan fingerprint density at radius 3 is 2.86 bits per heavy atom. The van der Waals surface area contributed by atoms with Crippen LogP contribution in [0.2, 0.25) is 0 Å². The fourth-order valence-corrected chi connectivity index (χ4v) is 2.62. The fraction of sp³-hybridized carbons (Fsp3) is 0.400. The Balaban J connectivity index is 2.12. The highest BCUT2D eigenvalue weighted by Gasteiger charge is 2.32. The lowest BCUT2D eigenvalue weighted by Crippen LogP contribution is -2.28. The zero-order chi connectivity index (χ0) is 15.1. The number of ether oxygens (including phenoxy) is 1. The molecule has 0 saturated heterocycles. The molecule has 1 aliphatic heterocycles. The number of aryl methyl sites for hydroxylation is 1. The molecule has 6 nitrogen and oxygen atoms in total. The van der Waals surface area contributed by atoms with Crippen molar-refractivity contribution in [1.29, 1.82) is 0 Å². The summed E-state index contributed by atoms with van der Waals surface area (Å²) in [5.41, 5.74) is 1.82. The van der Waals surface area contributed by atoms with Crippen molar-refractivity contribution in [2.24, 2.45) is 0 Å². The van der Waals surface area contributed by atoms with Crippen LogP contribution < -0.4 is 10.3 Å². The van der Waals surface area contributed by atoms with Crippen LogP contribution in [0.4, 0.5) is 0 Å². The number of nitrogens with one attached hydrogen (secondary N) is 1. The molecular formula is C15H17N3O3. The normalized spacial score (nSPS) is 17.7. The number of esters is 1. The molecule has 1 aliphatic rings. The molecule has 1 atom stereocenters. The van der Waals surface area contributed by atoms with Crippen LogP contribution in [-0.2, 0) is 4.79 Å². The van der Waals surface area contributed by atoms with Gasteiger partial charge in [-0.25, -0.2) is 0 Å². The molecule has 2 aromatic heterocycles. The van der Waals surface area contributed by atoms with E-state index >= 15 is 0 Å². The number of aromatic nitrogens is 3.